The molecule has 1 unspecified atom stereocenters. The average Bonchev–Trinajstić information content (AvgIpc) is 3.17. The Morgan fingerprint density at radius 2 is 1.78 bits per heavy atom. The minimum Gasteiger partial charge on any atom is -1.00 e. The maximum absolute atomic E-state index is 12.6. The van der Waals surface area contributed by atoms with Crippen molar-refractivity contribution in [2.45, 2.75) is 104 Å². The van der Waals surface area contributed by atoms with E-state index in [2.05, 4.69) is 46.8 Å². The molecule has 1 N–H and O–H groups in total. The molecular formula is C32H57BrN2O. The maximum atomic E-state index is 12.6. The van der Waals surface area contributed by atoms with Crippen molar-refractivity contribution < 1.29 is 26.3 Å². The monoisotopic (exact) mass is 564 g/mol. The Bertz CT molecular complexity index is 752. The van der Waals surface area contributed by atoms with E-state index in [1.807, 2.05) is 6.08 Å². The summed E-state index contributed by atoms with van der Waals surface area (Å²) in [5.74, 6) is 5.68. The van der Waals surface area contributed by atoms with Crippen LogP contribution >= 0.6 is 0 Å². The van der Waals surface area contributed by atoms with Crippen LogP contribution in [-0.4, -0.2) is 44.1 Å². The van der Waals surface area contributed by atoms with Crippen LogP contribution in [0.15, 0.2) is 12.7 Å². The molecule has 4 saturated carbocycles. The molecule has 8 atom stereocenters. The predicted molar refractivity (Wildman–Crippen MR) is 148 cm³/mol. The summed E-state index contributed by atoms with van der Waals surface area (Å²) < 4.78 is 0.944. The Balaban J connectivity index is 0.00000361. The molecule has 4 heteroatoms. The molecule has 4 rings (SSSR count). The topological polar surface area (TPSA) is 29.1 Å². The highest BCUT2D eigenvalue weighted by Crippen LogP contribution is 2.68. The van der Waals surface area contributed by atoms with Gasteiger partial charge in [-0.05, 0) is 110 Å². The van der Waals surface area contributed by atoms with Gasteiger partial charge in [0.1, 0.15) is 0 Å². The first kappa shape index (κ1) is 30.2. The third-order valence-electron chi connectivity index (χ3n) is 12.1. The number of halogens is 1. The van der Waals surface area contributed by atoms with E-state index in [0.29, 0.717) is 23.2 Å². The van der Waals surface area contributed by atoms with Gasteiger partial charge in [0.2, 0.25) is 5.91 Å². The van der Waals surface area contributed by atoms with Crippen molar-refractivity contribution in [3.05, 3.63) is 12.7 Å². The molecular weight excluding hydrogens is 508 g/mol. The van der Waals surface area contributed by atoms with E-state index < -0.39 is 0 Å². The van der Waals surface area contributed by atoms with Gasteiger partial charge in [0.25, 0.3) is 0 Å². The summed E-state index contributed by atoms with van der Waals surface area (Å²) in [6.45, 7) is 14.5. The molecule has 1 amide bonds. The summed E-state index contributed by atoms with van der Waals surface area (Å²) >= 11 is 0. The number of carbonyl (C=O) groups is 1. The van der Waals surface area contributed by atoms with E-state index in [0.717, 1.165) is 66.5 Å². The molecule has 0 bridgehead atoms. The van der Waals surface area contributed by atoms with Crippen LogP contribution in [0.25, 0.3) is 0 Å². The van der Waals surface area contributed by atoms with Gasteiger partial charge in [0.05, 0.1) is 27.2 Å². The number of nitrogens with one attached hydrogen (secondary N) is 1. The third kappa shape index (κ3) is 6.11. The van der Waals surface area contributed by atoms with Crippen LogP contribution in [0.3, 0.4) is 0 Å². The standard InChI is InChI=1S/C32H56N2O.BrH/c1-7-22-34(5,6)23-10-21-33-30(35)17-12-24(2)27-15-16-28-26-14-13-25-11-8-9-19-31(25,3)29(26)18-20-32(27,28)4;/h7,24-29H,1,8-23H2,2-6H3;1H/t24-,25?,26+,27-,28+,29+,31+,32-;/m1./s1. The Hall–Kier alpha value is -0.350. The zero-order valence-electron chi connectivity index (χ0n) is 24.3. The first-order chi connectivity index (χ1) is 16.6. The van der Waals surface area contributed by atoms with Gasteiger partial charge >= 0.3 is 0 Å². The predicted octanol–water partition coefficient (Wildman–Crippen LogP) is 4.22. The second-order valence-corrected chi connectivity index (χ2v) is 14.5. The molecule has 0 aromatic carbocycles. The Labute approximate surface area is 234 Å². The number of rotatable bonds is 10. The quantitative estimate of drug-likeness (QED) is 0.240. The first-order valence-corrected chi connectivity index (χ1v) is 15.3. The molecule has 4 aliphatic rings. The number of likely N-dealkylation sites (N-methyl/N-ethyl adjacent to an activating group) is 1. The lowest BCUT2D eigenvalue weighted by Gasteiger charge is -2.61. The summed E-state index contributed by atoms with van der Waals surface area (Å²) in [5.41, 5.74) is 1.16. The molecule has 0 aromatic rings. The number of fused-ring (bicyclic) bond motifs is 5. The lowest BCUT2D eigenvalue weighted by atomic mass is 9.44. The van der Waals surface area contributed by atoms with Crippen LogP contribution < -0.4 is 22.3 Å². The lowest BCUT2D eigenvalue weighted by Crippen LogP contribution is -3.00. The van der Waals surface area contributed by atoms with Crippen LogP contribution in [0, 0.1) is 46.3 Å². The summed E-state index contributed by atoms with van der Waals surface area (Å²) in [4.78, 5) is 12.6. The van der Waals surface area contributed by atoms with Gasteiger partial charge in [-0.2, -0.15) is 0 Å². The first-order valence-electron chi connectivity index (χ1n) is 15.3. The van der Waals surface area contributed by atoms with Crippen LogP contribution in [0.1, 0.15) is 104 Å². The van der Waals surface area contributed by atoms with Crippen molar-refractivity contribution >= 4 is 5.91 Å². The number of carbonyl (C=O) groups excluding carboxylic acids is 1. The third-order valence-corrected chi connectivity index (χ3v) is 12.1. The Kier molecular flexibility index (Phi) is 10.3. The molecule has 36 heavy (non-hydrogen) atoms. The van der Waals surface area contributed by atoms with Crippen LogP contribution in [0.4, 0.5) is 0 Å². The smallest absolute Gasteiger partial charge is 0.220 e. The zero-order chi connectivity index (χ0) is 25.3. The molecule has 208 valence electrons. The van der Waals surface area contributed by atoms with E-state index >= 15 is 0 Å². The SMILES string of the molecule is C=CC[N+](C)(C)CCCNC(=O)CC[C@@H](C)[C@H]1CC[C@H]2[C@@H]3CCC4CCCC[C@]4(C)[C@H]3CC[C@]12C.[Br-]. The highest BCUT2D eigenvalue weighted by Gasteiger charge is 2.60. The highest BCUT2D eigenvalue weighted by atomic mass is 79.9. The van der Waals surface area contributed by atoms with Crippen molar-refractivity contribution in [3.63, 3.8) is 0 Å². The maximum Gasteiger partial charge on any atom is 0.220 e. The molecule has 0 aliphatic heterocycles. The van der Waals surface area contributed by atoms with Gasteiger partial charge in [0, 0.05) is 19.4 Å². The normalized spacial score (nSPS) is 38.6. The van der Waals surface area contributed by atoms with Crippen molar-refractivity contribution in [1.29, 1.82) is 0 Å². The summed E-state index contributed by atoms with van der Waals surface area (Å²) in [5, 5.41) is 3.20. The molecule has 0 aromatic heterocycles. The van der Waals surface area contributed by atoms with Gasteiger partial charge < -0.3 is 26.8 Å². The second kappa shape index (κ2) is 12.2. The number of nitrogens with zero attached hydrogens (tertiary/aromatic N) is 1. The lowest BCUT2D eigenvalue weighted by molar-refractivity contribution is -0.884. The number of amides is 1. The molecule has 0 heterocycles. The highest BCUT2D eigenvalue weighted by molar-refractivity contribution is 5.75. The number of quaternary nitrogens is 1. The number of hydrogen-bond donors (Lipinski definition) is 1. The van der Waals surface area contributed by atoms with Gasteiger partial charge in [-0.1, -0.05) is 40.2 Å². The van der Waals surface area contributed by atoms with Crippen molar-refractivity contribution in [3.8, 4) is 0 Å². The Morgan fingerprint density at radius 1 is 1.03 bits per heavy atom. The molecule has 4 fully saturated rings. The minimum atomic E-state index is 0. The van der Waals surface area contributed by atoms with Crippen molar-refractivity contribution in [2.75, 3.05) is 33.7 Å². The average molecular weight is 566 g/mol. The van der Waals surface area contributed by atoms with Crippen molar-refractivity contribution in [1.82, 2.24) is 5.32 Å². The van der Waals surface area contributed by atoms with Crippen LogP contribution in [-0.2, 0) is 4.79 Å². The summed E-state index contributed by atoms with van der Waals surface area (Å²) in [6.07, 6.45) is 19.6. The number of hydrogen-bond acceptors (Lipinski definition) is 1. The second-order valence-electron chi connectivity index (χ2n) is 14.5. The fourth-order valence-electron chi connectivity index (χ4n) is 10.1. The minimum absolute atomic E-state index is 0. The molecule has 0 spiro atoms. The van der Waals surface area contributed by atoms with Gasteiger partial charge in [-0.25, -0.2) is 0 Å². The molecule has 0 radical (unpaired) electrons. The van der Waals surface area contributed by atoms with E-state index in [9.17, 15) is 4.79 Å². The Morgan fingerprint density at radius 3 is 2.53 bits per heavy atom. The van der Waals surface area contributed by atoms with E-state index in [1.165, 1.54) is 64.2 Å². The van der Waals surface area contributed by atoms with E-state index in [1.54, 1.807) is 0 Å². The fourth-order valence-corrected chi connectivity index (χ4v) is 10.1. The van der Waals surface area contributed by atoms with E-state index in [4.69, 9.17) is 0 Å². The van der Waals surface area contributed by atoms with Crippen LogP contribution in [0.2, 0.25) is 0 Å². The molecule has 4 aliphatic carbocycles. The van der Waals surface area contributed by atoms with Crippen molar-refractivity contribution in [2.24, 2.45) is 46.3 Å². The van der Waals surface area contributed by atoms with Gasteiger partial charge in [-0.15, -0.1) is 0 Å². The van der Waals surface area contributed by atoms with Crippen LogP contribution in [0.5, 0.6) is 0 Å². The fraction of sp³-hybridized carbons (Fsp3) is 0.906. The summed E-state index contributed by atoms with van der Waals surface area (Å²) in [7, 11) is 4.46. The van der Waals surface area contributed by atoms with Gasteiger partial charge in [-0.3, -0.25) is 4.79 Å². The molecule has 0 saturated heterocycles. The van der Waals surface area contributed by atoms with E-state index in [-0.39, 0.29) is 22.9 Å². The summed E-state index contributed by atoms with van der Waals surface area (Å²) in [6, 6.07) is 0. The molecule has 3 nitrogen and oxygen atoms in total. The zero-order valence-corrected chi connectivity index (χ0v) is 25.9. The van der Waals surface area contributed by atoms with Gasteiger partial charge in [0.15, 0.2) is 0 Å². The largest absolute Gasteiger partial charge is 1.00 e.